The Morgan fingerprint density at radius 3 is 2.42 bits per heavy atom. The van der Waals surface area contributed by atoms with Crippen LogP contribution >= 0.6 is 0 Å². The van der Waals surface area contributed by atoms with Gasteiger partial charge in [0.25, 0.3) is 17.7 Å². The maximum atomic E-state index is 12.7. The van der Waals surface area contributed by atoms with Gasteiger partial charge in [0.05, 0.1) is 16.7 Å². The topological polar surface area (TPSA) is 92.8 Å². The Labute approximate surface area is 174 Å². The van der Waals surface area contributed by atoms with Gasteiger partial charge in [-0.05, 0) is 44.2 Å². The van der Waals surface area contributed by atoms with Crippen molar-refractivity contribution in [3.63, 3.8) is 0 Å². The predicted octanol–water partition coefficient (Wildman–Crippen LogP) is 3.18. The number of alkyl halides is 3. The van der Waals surface area contributed by atoms with E-state index < -0.39 is 48.1 Å². The van der Waals surface area contributed by atoms with Crippen molar-refractivity contribution in [1.82, 2.24) is 4.90 Å². The van der Waals surface area contributed by atoms with Gasteiger partial charge in [-0.2, -0.15) is 13.2 Å². The summed E-state index contributed by atoms with van der Waals surface area (Å²) in [4.78, 5) is 50.0. The first kappa shape index (κ1) is 22.0. The number of carbonyl (C=O) groups is 4. The van der Waals surface area contributed by atoms with Crippen molar-refractivity contribution < 1.29 is 37.1 Å². The average Bonchev–Trinajstić information content (AvgIpc) is 2.95. The molecule has 3 rings (SSSR count). The van der Waals surface area contributed by atoms with Gasteiger partial charge >= 0.3 is 12.1 Å². The minimum atomic E-state index is -4.58. The molecule has 0 aromatic heterocycles. The van der Waals surface area contributed by atoms with Crippen LogP contribution in [0.1, 0.15) is 38.8 Å². The first-order chi connectivity index (χ1) is 14.5. The van der Waals surface area contributed by atoms with Crippen molar-refractivity contribution in [1.29, 1.82) is 0 Å². The molecule has 1 aliphatic rings. The van der Waals surface area contributed by atoms with Crippen LogP contribution in [0.4, 0.5) is 18.9 Å². The summed E-state index contributed by atoms with van der Waals surface area (Å²) < 4.78 is 43.1. The number of imide groups is 1. The Kier molecular flexibility index (Phi) is 5.83. The Hall–Kier alpha value is -3.69. The summed E-state index contributed by atoms with van der Waals surface area (Å²) in [6.07, 6.45) is -4.58. The van der Waals surface area contributed by atoms with Crippen LogP contribution in [-0.2, 0) is 20.5 Å². The number of nitrogens with one attached hydrogen (secondary N) is 1. The zero-order chi connectivity index (χ0) is 22.9. The Morgan fingerprint density at radius 2 is 1.74 bits per heavy atom. The molecule has 0 spiro atoms. The van der Waals surface area contributed by atoms with Gasteiger partial charge in [-0.15, -0.1) is 0 Å². The van der Waals surface area contributed by atoms with Crippen molar-refractivity contribution in [3.8, 4) is 0 Å². The molecule has 162 valence electrons. The van der Waals surface area contributed by atoms with Crippen LogP contribution in [0, 0.1) is 6.92 Å². The van der Waals surface area contributed by atoms with Crippen LogP contribution in [0.5, 0.6) is 0 Å². The Morgan fingerprint density at radius 1 is 1.06 bits per heavy atom. The number of halogens is 3. The standard InChI is InChI=1S/C21H17F3N2O5/c1-11-6-7-15-16(8-11)19(29)26(18(15)28)12(2)20(30)31-10-17(27)25-14-5-3-4-13(9-14)21(22,23)24/h3-9,12H,10H2,1-2H3,(H,25,27). The highest BCUT2D eigenvalue weighted by Crippen LogP contribution is 2.30. The number of nitrogens with zero attached hydrogens (tertiary/aromatic N) is 1. The first-order valence-corrected chi connectivity index (χ1v) is 9.11. The third-order valence-corrected chi connectivity index (χ3v) is 4.62. The lowest BCUT2D eigenvalue weighted by atomic mass is 10.1. The number of ether oxygens (including phenoxy) is 1. The summed E-state index contributed by atoms with van der Waals surface area (Å²) in [7, 11) is 0. The van der Waals surface area contributed by atoms with Gasteiger partial charge in [0.2, 0.25) is 0 Å². The van der Waals surface area contributed by atoms with E-state index >= 15 is 0 Å². The minimum Gasteiger partial charge on any atom is -0.454 e. The number of esters is 1. The Balaban J connectivity index is 1.60. The van der Waals surface area contributed by atoms with Gasteiger partial charge in [0.1, 0.15) is 6.04 Å². The highest BCUT2D eigenvalue weighted by molar-refractivity contribution is 6.22. The number of carbonyl (C=O) groups excluding carboxylic acids is 4. The lowest BCUT2D eigenvalue weighted by Gasteiger charge is -2.20. The molecule has 1 N–H and O–H groups in total. The summed E-state index contributed by atoms with van der Waals surface area (Å²) in [5.74, 6) is -3.19. The molecule has 10 heteroatoms. The molecule has 0 saturated carbocycles. The van der Waals surface area contributed by atoms with E-state index in [1.165, 1.54) is 25.1 Å². The van der Waals surface area contributed by atoms with Crippen molar-refractivity contribution in [2.45, 2.75) is 26.1 Å². The third-order valence-electron chi connectivity index (χ3n) is 4.62. The second-order valence-electron chi connectivity index (χ2n) is 6.94. The number of hydrogen-bond donors (Lipinski definition) is 1. The molecule has 1 unspecified atom stereocenters. The monoisotopic (exact) mass is 434 g/mol. The van der Waals surface area contributed by atoms with Crippen LogP contribution in [0.15, 0.2) is 42.5 Å². The minimum absolute atomic E-state index is 0.125. The van der Waals surface area contributed by atoms with Gasteiger partial charge in [-0.25, -0.2) is 4.79 Å². The lowest BCUT2D eigenvalue weighted by molar-refractivity contribution is -0.150. The van der Waals surface area contributed by atoms with Gasteiger partial charge in [-0.1, -0.05) is 17.7 Å². The zero-order valence-electron chi connectivity index (χ0n) is 16.4. The number of rotatable bonds is 5. The summed E-state index contributed by atoms with van der Waals surface area (Å²) >= 11 is 0. The zero-order valence-corrected chi connectivity index (χ0v) is 16.4. The van der Waals surface area contributed by atoms with Gasteiger partial charge in [0, 0.05) is 5.69 Å². The Bertz CT molecular complexity index is 1080. The second-order valence-corrected chi connectivity index (χ2v) is 6.94. The highest BCUT2D eigenvalue weighted by atomic mass is 19.4. The number of hydrogen-bond acceptors (Lipinski definition) is 5. The fourth-order valence-corrected chi connectivity index (χ4v) is 3.06. The molecule has 3 amide bonds. The van der Waals surface area contributed by atoms with Gasteiger partial charge < -0.3 is 10.1 Å². The normalized spacial score (nSPS) is 14.3. The molecule has 7 nitrogen and oxygen atoms in total. The SMILES string of the molecule is Cc1ccc2c(c1)C(=O)N(C(C)C(=O)OCC(=O)Nc1cccc(C(F)(F)F)c1)C2=O. The van der Waals surface area contributed by atoms with Gasteiger partial charge in [-0.3, -0.25) is 19.3 Å². The molecule has 1 aliphatic heterocycles. The molecule has 0 radical (unpaired) electrons. The molecular formula is C21H17F3N2O5. The van der Waals surface area contributed by atoms with Crippen LogP contribution in [0.3, 0.4) is 0 Å². The number of fused-ring (bicyclic) bond motifs is 1. The molecule has 2 aromatic rings. The van der Waals surface area contributed by atoms with E-state index in [0.29, 0.717) is 0 Å². The van der Waals surface area contributed by atoms with E-state index in [4.69, 9.17) is 4.74 Å². The molecular weight excluding hydrogens is 417 g/mol. The molecule has 0 fully saturated rings. The van der Waals surface area contributed by atoms with Crippen LogP contribution in [-0.4, -0.2) is 41.2 Å². The maximum Gasteiger partial charge on any atom is 0.416 e. The second kappa shape index (κ2) is 8.21. The van der Waals surface area contributed by atoms with E-state index in [1.807, 2.05) is 0 Å². The van der Waals surface area contributed by atoms with Crippen molar-refractivity contribution in [3.05, 3.63) is 64.7 Å². The quantitative estimate of drug-likeness (QED) is 0.577. The first-order valence-electron chi connectivity index (χ1n) is 9.11. The number of amides is 3. The maximum absolute atomic E-state index is 12.7. The van der Waals surface area contributed by atoms with Crippen molar-refractivity contribution in [2.24, 2.45) is 0 Å². The molecule has 0 aliphatic carbocycles. The highest BCUT2D eigenvalue weighted by Gasteiger charge is 2.41. The van der Waals surface area contributed by atoms with E-state index in [1.54, 1.807) is 13.0 Å². The third kappa shape index (κ3) is 4.57. The van der Waals surface area contributed by atoms with Crippen LogP contribution < -0.4 is 5.32 Å². The van der Waals surface area contributed by atoms with E-state index in [2.05, 4.69) is 5.32 Å². The summed E-state index contributed by atoms with van der Waals surface area (Å²) in [6, 6.07) is 7.35. The molecule has 0 saturated heterocycles. The summed E-state index contributed by atoms with van der Waals surface area (Å²) in [5, 5.41) is 2.19. The number of anilines is 1. The average molecular weight is 434 g/mol. The summed E-state index contributed by atoms with van der Waals surface area (Å²) in [6.45, 7) is 2.23. The molecule has 0 bridgehead atoms. The van der Waals surface area contributed by atoms with Gasteiger partial charge in [0.15, 0.2) is 6.61 Å². The largest absolute Gasteiger partial charge is 0.454 e. The van der Waals surface area contributed by atoms with E-state index in [0.717, 1.165) is 28.7 Å². The van der Waals surface area contributed by atoms with E-state index in [-0.39, 0.29) is 16.8 Å². The van der Waals surface area contributed by atoms with Crippen molar-refractivity contribution >= 4 is 29.4 Å². The van der Waals surface area contributed by atoms with Crippen LogP contribution in [0.2, 0.25) is 0 Å². The number of benzene rings is 2. The number of aryl methyl sites for hydroxylation is 1. The fourth-order valence-electron chi connectivity index (χ4n) is 3.06. The molecule has 31 heavy (non-hydrogen) atoms. The molecule has 2 aromatic carbocycles. The molecule has 1 heterocycles. The summed E-state index contributed by atoms with van der Waals surface area (Å²) in [5.41, 5.74) is 0.0316. The smallest absolute Gasteiger partial charge is 0.416 e. The van der Waals surface area contributed by atoms with E-state index in [9.17, 15) is 32.3 Å². The predicted molar refractivity (Wildman–Crippen MR) is 102 cm³/mol. The van der Waals surface area contributed by atoms with Crippen molar-refractivity contribution in [2.75, 3.05) is 11.9 Å². The lowest BCUT2D eigenvalue weighted by Crippen LogP contribution is -2.44. The van der Waals surface area contributed by atoms with Crippen LogP contribution in [0.25, 0.3) is 0 Å². The molecule has 1 atom stereocenters. The fraction of sp³-hybridized carbons (Fsp3) is 0.238.